The van der Waals surface area contributed by atoms with Crippen molar-refractivity contribution in [1.82, 2.24) is 0 Å². The van der Waals surface area contributed by atoms with Crippen molar-refractivity contribution in [2.24, 2.45) is 0 Å². The van der Waals surface area contributed by atoms with Gasteiger partial charge in [0.2, 0.25) is 6.79 Å². The van der Waals surface area contributed by atoms with Crippen molar-refractivity contribution in [3.05, 3.63) is 23.3 Å². The van der Waals surface area contributed by atoms with Crippen LogP contribution in [0, 0.1) is 0 Å². The van der Waals surface area contributed by atoms with Gasteiger partial charge in [-0.25, -0.2) is 0 Å². The minimum absolute atomic E-state index is 0. The second-order valence-corrected chi connectivity index (χ2v) is 5.86. The van der Waals surface area contributed by atoms with Crippen LogP contribution in [0.5, 0.6) is 11.5 Å². The normalized spacial score (nSPS) is 12.2. The molecule has 1 aliphatic rings. The topological polar surface area (TPSA) is 46.2 Å². The summed E-state index contributed by atoms with van der Waals surface area (Å²) >= 11 is 0. The van der Waals surface area contributed by atoms with Gasteiger partial charge in [-0.15, -0.1) is 0 Å². The summed E-state index contributed by atoms with van der Waals surface area (Å²) in [4.78, 5) is 0. The number of unbranched alkanes of at least 4 members (excludes halogenated alkanes) is 1. The first-order chi connectivity index (χ1) is 11.8. The molecule has 0 atom stereocenters. The van der Waals surface area contributed by atoms with Crippen LogP contribution in [0.4, 0.5) is 0 Å². The fourth-order valence-electron chi connectivity index (χ4n) is 2.53. The molecule has 5 nitrogen and oxygen atoms in total. The molecule has 1 aromatic rings. The van der Waals surface area contributed by atoms with Gasteiger partial charge in [-0.05, 0) is 36.1 Å². The van der Waals surface area contributed by atoms with Crippen LogP contribution >= 0.6 is 0 Å². The molecule has 0 aromatic heterocycles. The van der Waals surface area contributed by atoms with Crippen LogP contribution in [0.3, 0.4) is 0 Å². The molecule has 3 radical (unpaired) electrons. The Kier molecular flexibility index (Phi) is 12.4. The van der Waals surface area contributed by atoms with E-state index in [4.69, 9.17) is 23.7 Å². The Labute approximate surface area is 170 Å². The van der Waals surface area contributed by atoms with E-state index in [1.165, 1.54) is 11.1 Å². The van der Waals surface area contributed by atoms with Crippen molar-refractivity contribution in [1.29, 1.82) is 0 Å². The molecule has 0 saturated heterocycles. The van der Waals surface area contributed by atoms with Gasteiger partial charge in [0.15, 0.2) is 11.5 Å². The average Bonchev–Trinajstić information content (AvgIpc) is 3.04. The van der Waals surface area contributed by atoms with Crippen molar-refractivity contribution < 1.29 is 23.7 Å². The molecule has 0 spiro atoms. The molecule has 0 bridgehead atoms. The van der Waals surface area contributed by atoms with Gasteiger partial charge in [0.05, 0.1) is 33.0 Å². The summed E-state index contributed by atoms with van der Waals surface area (Å²) in [5.74, 6) is 1.66. The summed E-state index contributed by atoms with van der Waals surface area (Å²) in [5, 5.41) is 0. The van der Waals surface area contributed by atoms with E-state index < -0.39 is 0 Å². The van der Waals surface area contributed by atoms with Crippen molar-refractivity contribution in [2.75, 3.05) is 39.8 Å². The van der Waals surface area contributed by atoms with E-state index in [1.54, 1.807) is 0 Å². The Morgan fingerprint density at radius 3 is 2.04 bits per heavy atom. The van der Waals surface area contributed by atoms with Crippen LogP contribution < -0.4 is 9.47 Å². The number of hydrogen-bond acceptors (Lipinski definition) is 5. The maximum absolute atomic E-state index is 5.75. The Hall–Kier alpha value is -0.430. The molecule has 2 rings (SSSR count). The molecule has 0 unspecified atom stereocenters. The largest absolute Gasteiger partial charge is 0.454 e. The summed E-state index contributed by atoms with van der Waals surface area (Å²) in [5.41, 5.74) is 2.44. The minimum atomic E-state index is 0. The van der Waals surface area contributed by atoms with Gasteiger partial charge in [-0.2, -0.15) is 0 Å². The van der Waals surface area contributed by atoms with E-state index in [0.717, 1.165) is 43.8 Å². The predicted molar refractivity (Wildman–Crippen MR) is 98.5 cm³/mol. The molecule has 1 aliphatic heterocycles. The Morgan fingerprint density at radius 1 is 0.800 bits per heavy atom. The number of ether oxygens (including phenoxy) is 5. The van der Waals surface area contributed by atoms with E-state index in [1.807, 2.05) is 6.07 Å². The van der Waals surface area contributed by atoms with E-state index in [2.05, 4.69) is 19.9 Å². The third-order valence-electron chi connectivity index (χ3n) is 3.86. The summed E-state index contributed by atoms with van der Waals surface area (Å²) in [6, 6.07) is 4.12. The van der Waals surface area contributed by atoms with Gasteiger partial charge < -0.3 is 23.7 Å². The van der Waals surface area contributed by atoms with Crippen LogP contribution in [0.25, 0.3) is 0 Å². The number of rotatable bonds is 13. The van der Waals surface area contributed by atoms with Gasteiger partial charge in [0, 0.05) is 32.5 Å². The molecule has 1 aromatic carbocycles. The zero-order chi connectivity index (χ0) is 17.0. The number of aryl methyl sites for hydroxylation is 1. The molecule has 0 aliphatic carbocycles. The molecule has 139 valence electrons. The van der Waals surface area contributed by atoms with Crippen molar-refractivity contribution >= 4 is 25.8 Å². The van der Waals surface area contributed by atoms with E-state index in [-0.39, 0.29) is 25.8 Å². The quantitative estimate of drug-likeness (QED) is 0.429. The molecule has 6 heteroatoms. The Balaban J connectivity index is 0.00000312. The standard InChI is InChI=1S/C19H30O5.In/c1-3-5-7-20-8-9-21-10-11-22-14-17-13-19-18(23-15-24-19)12-16(17)6-4-2;/h12-13H,3-11,14-15H2,1-2H3;. The van der Waals surface area contributed by atoms with Crippen LogP contribution in [-0.4, -0.2) is 65.7 Å². The number of benzene rings is 1. The fourth-order valence-corrected chi connectivity index (χ4v) is 2.53. The first-order valence-corrected chi connectivity index (χ1v) is 8.99. The van der Waals surface area contributed by atoms with Gasteiger partial charge >= 0.3 is 0 Å². The molecule has 0 N–H and O–H groups in total. The first-order valence-electron chi connectivity index (χ1n) is 8.99. The molecule has 25 heavy (non-hydrogen) atoms. The molecular weight excluding hydrogens is 423 g/mol. The molecule has 0 amide bonds. The van der Waals surface area contributed by atoms with Crippen LogP contribution in [0.2, 0.25) is 0 Å². The molecule has 0 fully saturated rings. The maximum Gasteiger partial charge on any atom is 0.231 e. The van der Waals surface area contributed by atoms with E-state index >= 15 is 0 Å². The fraction of sp³-hybridized carbons (Fsp3) is 0.684. The molecular formula is C19H30InO5. The zero-order valence-electron chi connectivity index (χ0n) is 15.6. The van der Waals surface area contributed by atoms with Crippen molar-refractivity contribution in [2.45, 2.75) is 46.1 Å². The zero-order valence-corrected chi connectivity index (χ0v) is 18.8. The number of fused-ring (bicyclic) bond motifs is 1. The minimum Gasteiger partial charge on any atom is -0.454 e. The first kappa shape index (κ1) is 22.6. The van der Waals surface area contributed by atoms with Crippen LogP contribution in [-0.2, 0) is 27.2 Å². The third-order valence-corrected chi connectivity index (χ3v) is 3.86. The SMILES string of the molecule is CCCCOCCOCCOCc1cc2c(cc1CCC)OCO2.[In]. The Bertz CT molecular complexity index is 481. The summed E-state index contributed by atoms with van der Waals surface area (Å²) in [6.07, 6.45) is 4.38. The van der Waals surface area contributed by atoms with Gasteiger partial charge in [-0.1, -0.05) is 26.7 Å². The summed E-state index contributed by atoms with van der Waals surface area (Å²) in [7, 11) is 0. The second kappa shape index (κ2) is 13.7. The van der Waals surface area contributed by atoms with Crippen molar-refractivity contribution in [3.63, 3.8) is 0 Å². The van der Waals surface area contributed by atoms with Gasteiger partial charge in [0.1, 0.15) is 0 Å². The summed E-state index contributed by atoms with van der Waals surface area (Å²) in [6.45, 7) is 8.47. The predicted octanol–water partition coefficient (Wildman–Crippen LogP) is 3.34. The summed E-state index contributed by atoms with van der Waals surface area (Å²) < 4.78 is 27.6. The second-order valence-electron chi connectivity index (χ2n) is 5.86. The van der Waals surface area contributed by atoms with E-state index in [9.17, 15) is 0 Å². The maximum atomic E-state index is 5.75. The number of hydrogen-bond donors (Lipinski definition) is 0. The average molecular weight is 453 g/mol. The monoisotopic (exact) mass is 453 g/mol. The van der Waals surface area contributed by atoms with E-state index in [0.29, 0.717) is 39.8 Å². The smallest absolute Gasteiger partial charge is 0.231 e. The third kappa shape index (κ3) is 8.20. The van der Waals surface area contributed by atoms with Crippen LogP contribution in [0.15, 0.2) is 12.1 Å². The van der Waals surface area contributed by atoms with Crippen molar-refractivity contribution in [3.8, 4) is 11.5 Å². The van der Waals surface area contributed by atoms with Crippen LogP contribution in [0.1, 0.15) is 44.2 Å². The molecule has 1 heterocycles. The van der Waals surface area contributed by atoms with Gasteiger partial charge in [0.25, 0.3) is 0 Å². The molecule has 0 saturated carbocycles. The van der Waals surface area contributed by atoms with Gasteiger partial charge in [-0.3, -0.25) is 0 Å². The Morgan fingerprint density at radius 2 is 1.40 bits per heavy atom.